The van der Waals surface area contributed by atoms with Gasteiger partial charge in [-0.25, -0.2) is 13.2 Å². The van der Waals surface area contributed by atoms with Crippen LogP contribution < -0.4 is 5.32 Å². The zero-order valence-corrected chi connectivity index (χ0v) is 11.6. The van der Waals surface area contributed by atoms with Crippen LogP contribution in [0.3, 0.4) is 0 Å². The average molecular weight is 284 g/mol. The first-order valence-electron chi connectivity index (χ1n) is 6.72. The molecule has 2 nitrogen and oxygen atoms in total. The van der Waals surface area contributed by atoms with Gasteiger partial charge in [0.2, 0.25) is 0 Å². The van der Waals surface area contributed by atoms with Crippen molar-refractivity contribution in [2.24, 2.45) is 0 Å². The lowest BCUT2D eigenvalue weighted by Gasteiger charge is -2.35. The zero-order valence-electron chi connectivity index (χ0n) is 11.6. The highest BCUT2D eigenvalue weighted by Crippen LogP contribution is 2.31. The van der Waals surface area contributed by atoms with Gasteiger partial charge in [-0.1, -0.05) is 5.57 Å². The molecule has 0 aromatic heterocycles. The van der Waals surface area contributed by atoms with E-state index in [0.717, 1.165) is 30.8 Å². The summed E-state index contributed by atoms with van der Waals surface area (Å²) in [6.07, 6.45) is 0.458. The van der Waals surface area contributed by atoms with Gasteiger partial charge in [-0.15, -0.1) is 6.58 Å². The summed E-state index contributed by atoms with van der Waals surface area (Å²) in [7, 11) is 0. The van der Waals surface area contributed by atoms with Gasteiger partial charge in [-0.05, 0) is 13.3 Å². The third-order valence-corrected chi connectivity index (χ3v) is 3.51. The van der Waals surface area contributed by atoms with Crippen molar-refractivity contribution in [2.45, 2.75) is 19.4 Å². The molecule has 1 aliphatic rings. The monoisotopic (exact) mass is 284 g/mol. The van der Waals surface area contributed by atoms with Gasteiger partial charge >= 0.3 is 0 Å². The molecule has 1 heterocycles. The quantitative estimate of drug-likeness (QED) is 0.855. The van der Waals surface area contributed by atoms with Gasteiger partial charge in [0.1, 0.15) is 17.5 Å². The van der Waals surface area contributed by atoms with E-state index in [1.54, 1.807) is 0 Å². The maximum atomic E-state index is 14.0. The standard InChI is InChI=1S/C15H19F3N2/c1-10(2)7-14(20-5-3-19-4-6-20)15-12(17)8-11(16)9-13(15)18/h8-9,14,19H,1,3-7H2,2H3/t14-/m1/s1. The minimum Gasteiger partial charge on any atom is -0.314 e. The molecule has 0 bridgehead atoms. The summed E-state index contributed by atoms with van der Waals surface area (Å²) in [5.74, 6) is -2.54. The fourth-order valence-electron chi connectivity index (χ4n) is 2.61. The molecule has 0 saturated carbocycles. The van der Waals surface area contributed by atoms with Crippen LogP contribution in [0.5, 0.6) is 0 Å². The Morgan fingerprint density at radius 2 is 1.80 bits per heavy atom. The van der Waals surface area contributed by atoms with E-state index in [9.17, 15) is 13.2 Å². The molecule has 110 valence electrons. The lowest BCUT2D eigenvalue weighted by atomic mass is 9.96. The maximum Gasteiger partial charge on any atom is 0.133 e. The van der Waals surface area contributed by atoms with Crippen LogP contribution in [0.1, 0.15) is 24.9 Å². The van der Waals surface area contributed by atoms with E-state index in [4.69, 9.17) is 0 Å². The molecule has 0 aliphatic carbocycles. The van der Waals surface area contributed by atoms with E-state index in [0.29, 0.717) is 19.5 Å². The number of hydrogen-bond acceptors (Lipinski definition) is 2. The first-order chi connectivity index (χ1) is 9.49. The molecule has 1 N–H and O–H groups in total. The van der Waals surface area contributed by atoms with Crippen molar-refractivity contribution in [3.05, 3.63) is 47.3 Å². The minimum absolute atomic E-state index is 0.0590. The van der Waals surface area contributed by atoms with Crippen LogP contribution in [0.15, 0.2) is 24.3 Å². The predicted octanol–water partition coefficient (Wildman–Crippen LogP) is 3.02. The van der Waals surface area contributed by atoms with Gasteiger partial charge in [0.15, 0.2) is 0 Å². The van der Waals surface area contributed by atoms with E-state index in [-0.39, 0.29) is 5.56 Å². The summed E-state index contributed by atoms with van der Waals surface area (Å²) in [6, 6.07) is 1.05. The van der Waals surface area contributed by atoms with Gasteiger partial charge in [0.25, 0.3) is 0 Å². The van der Waals surface area contributed by atoms with Crippen LogP contribution in [0, 0.1) is 17.5 Å². The normalized spacial score (nSPS) is 18.0. The van der Waals surface area contributed by atoms with Crippen molar-refractivity contribution in [3.63, 3.8) is 0 Å². The fraction of sp³-hybridized carbons (Fsp3) is 0.467. The van der Waals surface area contributed by atoms with Gasteiger partial charge in [0, 0.05) is 49.9 Å². The second-order valence-corrected chi connectivity index (χ2v) is 5.25. The molecule has 1 fully saturated rings. The Morgan fingerprint density at radius 3 is 2.30 bits per heavy atom. The van der Waals surface area contributed by atoms with E-state index >= 15 is 0 Å². The second-order valence-electron chi connectivity index (χ2n) is 5.25. The number of nitrogens with one attached hydrogen (secondary N) is 1. The number of nitrogens with zero attached hydrogens (tertiary/aromatic N) is 1. The van der Waals surface area contributed by atoms with Crippen molar-refractivity contribution in [2.75, 3.05) is 26.2 Å². The summed E-state index contributed by atoms with van der Waals surface area (Å²) in [6.45, 7) is 8.61. The highest BCUT2D eigenvalue weighted by molar-refractivity contribution is 5.26. The van der Waals surface area contributed by atoms with Crippen LogP contribution in [0.25, 0.3) is 0 Å². The summed E-state index contributed by atoms with van der Waals surface area (Å²) in [4.78, 5) is 2.02. The first kappa shape index (κ1) is 15.1. The first-order valence-corrected chi connectivity index (χ1v) is 6.72. The molecule has 1 aliphatic heterocycles. The number of rotatable bonds is 4. The topological polar surface area (TPSA) is 15.3 Å². The Kier molecular flexibility index (Phi) is 4.83. The predicted molar refractivity (Wildman–Crippen MR) is 72.9 cm³/mol. The maximum absolute atomic E-state index is 14.0. The molecule has 0 radical (unpaired) electrons. The van der Waals surface area contributed by atoms with Crippen molar-refractivity contribution < 1.29 is 13.2 Å². The second kappa shape index (κ2) is 6.41. The van der Waals surface area contributed by atoms with Crippen molar-refractivity contribution in [1.82, 2.24) is 10.2 Å². The Morgan fingerprint density at radius 1 is 1.25 bits per heavy atom. The fourth-order valence-corrected chi connectivity index (χ4v) is 2.61. The molecule has 0 amide bonds. The molecule has 5 heteroatoms. The van der Waals surface area contributed by atoms with Crippen molar-refractivity contribution >= 4 is 0 Å². The molecule has 20 heavy (non-hydrogen) atoms. The Balaban J connectivity index is 2.37. The van der Waals surface area contributed by atoms with E-state index < -0.39 is 23.5 Å². The van der Waals surface area contributed by atoms with Gasteiger partial charge in [0.05, 0.1) is 0 Å². The van der Waals surface area contributed by atoms with E-state index in [1.165, 1.54) is 0 Å². The van der Waals surface area contributed by atoms with Crippen LogP contribution in [0.4, 0.5) is 13.2 Å². The van der Waals surface area contributed by atoms with Crippen LogP contribution >= 0.6 is 0 Å². The van der Waals surface area contributed by atoms with E-state index in [1.807, 2.05) is 11.8 Å². The zero-order chi connectivity index (χ0) is 14.7. The Labute approximate surface area is 117 Å². The average Bonchev–Trinajstić information content (AvgIpc) is 2.37. The number of halogens is 3. The molecule has 1 aromatic carbocycles. The lowest BCUT2D eigenvalue weighted by Crippen LogP contribution is -2.45. The van der Waals surface area contributed by atoms with Crippen molar-refractivity contribution in [3.8, 4) is 0 Å². The molecule has 1 saturated heterocycles. The number of benzene rings is 1. The lowest BCUT2D eigenvalue weighted by molar-refractivity contribution is 0.165. The Bertz CT molecular complexity index is 473. The van der Waals surface area contributed by atoms with E-state index in [2.05, 4.69) is 11.9 Å². The molecule has 1 aromatic rings. The van der Waals surface area contributed by atoms with Crippen LogP contribution in [-0.4, -0.2) is 31.1 Å². The number of hydrogen-bond donors (Lipinski definition) is 1. The van der Waals surface area contributed by atoms with Crippen molar-refractivity contribution in [1.29, 1.82) is 0 Å². The van der Waals surface area contributed by atoms with Gasteiger partial charge < -0.3 is 5.32 Å². The minimum atomic E-state index is -0.891. The third-order valence-electron chi connectivity index (χ3n) is 3.51. The molecule has 2 rings (SSSR count). The van der Waals surface area contributed by atoms with Crippen LogP contribution in [0.2, 0.25) is 0 Å². The summed E-state index contributed by atoms with van der Waals surface area (Å²) in [5.41, 5.74) is 0.785. The highest BCUT2D eigenvalue weighted by Gasteiger charge is 2.28. The number of piperazine rings is 1. The summed E-state index contributed by atoms with van der Waals surface area (Å²) in [5, 5.41) is 3.20. The molecular weight excluding hydrogens is 265 g/mol. The molecule has 0 unspecified atom stereocenters. The smallest absolute Gasteiger partial charge is 0.133 e. The van der Waals surface area contributed by atoms with Gasteiger partial charge in [-0.2, -0.15) is 0 Å². The summed E-state index contributed by atoms with van der Waals surface area (Å²) >= 11 is 0. The van der Waals surface area contributed by atoms with Crippen LogP contribution in [-0.2, 0) is 0 Å². The third kappa shape index (κ3) is 3.41. The van der Waals surface area contributed by atoms with Gasteiger partial charge in [-0.3, -0.25) is 4.90 Å². The molecule has 0 spiro atoms. The molecule has 1 atom stereocenters. The summed E-state index contributed by atoms with van der Waals surface area (Å²) < 4.78 is 41.1. The molecular formula is C15H19F3N2. The largest absolute Gasteiger partial charge is 0.314 e. The Hall–Kier alpha value is -1.33. The SMILES string of the molecule is C=C(C)C[C@H](c1c(F)cc(F)cc1F)N1CCNCC1. The highest BCUT2D eigenvalue weighted by atomic mass is 19.1.